The Labute approximate surface area is 131 Å². The third-order valence-corrected chi connectivity index (χ3v) is 4.78. The Balaban J connectivity index is 2.35. The van der Waals surface area contributed by atoms with Gasteiger partial charge in [-0.05, 0) is 36.8 Å². The van der Waals surface area contributed by atoms with Crippen molar-refractivity contribution < 1.29 is 26.0 Å². The maximum atomic E-state index is 12.9. The predicted octanol–water partition coefficient (Wildman–Crippen LogP) is 3.88. The fourth-order valence-electron chi connectivity index (χ4n) is 2.05. The van der Waals surface area contributed by atoms with Gasteiger partial charge in [0, 0.05) is 6.04 Å². The lowest BCUT2D eigenvalue weighted by Gasteiger charge is -2.17. The van der Waals surface area contributed by atoms with E-state index in [9.17, 15) is 26.0 Å². The Kier molecular flexibility index (Phi) is 4.76. The van der Waals surface area contributed by atoms with Gasteiger partial charge in [0.25, 0.3) is 0 Å². The molecule has 1 atom stereocenters. The molecule has 0 radical (unpaired) electrons. The molecule has 0 aliphatic heterocycles. The zero-order valence-electron chi connectivity index (χ0n) is 11.9. The first-order chi connectivity index (χ1) is 10.6. The number of hydrogen-bond donors (Lipinski definition) is 1. The summed E-state index contributed by atoms with van der Waals surface area (Å²) in [6.07, 6.45) is -4.79. The van der Waals surface area contributed by atoms with Crippen LogP contribution in [0.5, 0.6) is 0 Å². The fourth-order valence-corrected chi connectivity index (χ4v) is 3.51. The Morgan fingerprint density at radius 2 is 1.57 bits per heavy atom. The first-order valence-electron chi connectivity index (χ1n) is 6.55. The molecule has 0 saturated heterocycles. The highest BCUT2D eigenvalue weighted by atomic mass is 32.2. The topological polar surface area (TPSA) is 46.2 Å². The van der Waals surface area contributed by atoms with Gasteiger partial charge in [-0.1, -0.05) is 24.3 Å². The summed E-state index contributed by atoms with van der Waals surface area (Å²) in [7, 11) is -4.40. The molecule has 0 fully saturated rings. The van der Waals surface area contributed by atoms with E-state index < -0.39 is 38.5 Å². The number of sulfonamides is 1. The molecule has 3 nitrogen and oxygen atoms in total. The predicted molar refractivity (Wildman–Crippen MR) is 76.6 cm³/mol. The fraction of sp³-hybridized carbons (Fsp3) is 0.200. The molecule has 23 heavy (non-hydrogen) atoms. The smallest absolute Gasteiger partial charge is 0.207 e. The minimum Gasteiger partial charge on any atom is -0.207 e. The lowest BCUT2D eigenvalue weighted by atomic mass is 10.1. The molecule has 0 saturated carbocycles. The number of benzene rings is 2. The van der Waals surface area contributed by atoms with Crippen molar-refractivity contribution in [3.63, 3.8) is 0 Å². The van der Waals surface area contributed by atoms with Crippen LogP contribution in [0.3, 0.4) is 0 Å². The van der Waals surface area contributed by atoms with Gasteiger partial charge in [-0.2, -0.15) is 13.2 Å². The summed E-state index contributed by atoms with van der Waals surface area (Å²) in [5.74, 6) is -0.494. The summed E-state index contributed by atoms with van der Waals surface area (Å²) in [6, 6.07) is 8.11. The van der Waals surface area contributed by atoms with Crippen molar-refractivity contribution in [1.29, 1.82) is 0 Å². The molecule has 0 aliphatic rings. The number of nitrogens with one attached hydrogen (secondary N) is 1. The SMILES string of the molecule is C[C@@H](NS(=O)(=O)c1ccccc1C(F)(F)F)c1ccc(F)cc1. The number of rotatable bonds is 4. The number of hydrogen-bond acceptors (Lipinski definition) is 2. The molecule has 8 heteroatoms. The Hall–Kier alpha value is -1.93. The van der Waals surface area contributed by atoms with E-state index in [1.54, 1.807) is 0 Å². The molecule has 124 valence electrons. The maximum absolute atomic E-state index is 12.9. The maximum Gasteiger partial charge on any atom is 0.417 e. The van der Waals surface area contributed by atoms with Crippen LogP contribution >= 0.6 is 0 Å². The monoisotopic (exact) mass is 347 g/mol. The molecule has 0 heterocycles. The highest BCUT2D eigenvalue weighted by Gasteiger charge is 2.37. The number of alkyl halides is 3. The lowest BCUT2D eigenvalue weighted by Crippen LogP contribution is -2.29. The van der Waals surface area contributed by atoms with Gasteiger partial charge in [0.05, 0.1) is 10.5 Å². The zero-order valence-corrected chi connectivity index (χ0v) is 12.7. The second-order valence-corrected chi connectivity index (χ2v) is 6.57. The van der Waals surface area contributed by atoms with Crippen molar-refractivity contribution in [2.24, 2.45) is 0 Å². The number of halogens is 4. The molecular weight excluding hydrogens is 334 g/mol. The first-order valence-corrected chi connectivity index (χ1v) is 8.03. The zero-order chi connectivity index (χ0) is 17.3. The molecule has 0 aliphatic carbocycles. The van der Waals surface area contributed by atoms with Crippen LogP contribution in [0.2, 0.25) is 0 Å². The van der Waals surface area contributed by atoms with Crippen LogP contribution in [0, 0.1) is 5.82 Å². The van der Waals surface area contributed by atoms with Crippen LogP contribution in [0.1, 0.15) is 24.1 Å². The molecule has 2 aromatic rings. The van der Waals surface area contributed by atoms with E-state index >= 15 is 0 Å². The average molecular weight is 347 g/mol. The Morgan fingerprint density at radius 3 is 2.13 bits per heavy atom. The summed E-state index contributed by atoms with van der Waals surface area (Å²) >= 11 is 0. The highest BCUT2D eigenvalue weighted by molar-refractivity contribution is 7.89. The van der Waals surface area contributed by atoms with Crippen LogP contribution < -0.4 is 4.72 Å². The molecule has 2 rings (SSSR count). The van der Waals surface area contributed by atoms with Crippen molar-refractivity contribution in [3.8, 4) is 0 Å². The van der Waals surface area contributed by atoms with Gasteiger partial charge in [-0.25, -0.2) is 17.5 Å². The lowest BCUT2D eigenvalue weighted by molar-refractivity contribution is -0.139. The van der Waals surface area contributed by atoms with E-state index in [1.165, 1.54) is 25.1 Å². The van der Waals surface area contributed by atoms with Gasteiger partial charge in [-0.3, -0.25) is 0 Å². The molecule has 0 aromatic heterocycles. The van der Waals surface area contributed by atoms with E-state index in [2.05, 4.69) is 4.72 Å². The van der Waals surface area contributed by atoms with Crippen LogP contribution in [-0.4, -0.2) is 8.42 Å². The van der Waals surface area contributed by atoms with Crippen molar-refractivity contribution in [2.45, 2.75) is 24.0 Å². The third kappa shape index (κ3) is 4.08. The van der Waals surface area contributed by atoms with Crippen molar-refractivity contribution >= 4 is 10.0 Å². The summed E-state index contributed by atoms with van der Waals surface area (Å²) in [5, 5.41) is 0. The first kappa shape index (κ1) is 17.4. The summed E-state index contributed by atoms with van der Waals surface area (Å²) in [5.41, 5.74) is -0.807. The summed E-state index contributed by atoms with van der Waals surface area (Å²) < 4.78 is 78.4. The second kappa shape index (κ2) is 6.29. The molecule has 0 amide bonds. The van der Waals surface area contributed by atoms with Gasteiger partial charge < -0.3 is 0 Å². The van der Waals surface area contributed by atoms with E-state index in [4.69, 9.17) is 0 Å². The van der Waals surface area contributed by atoms with Crippen molar-refractivity contribution in [2.75, 3.05) is 0 Å². The summed E-state index contributed by atoms with van der Waals surface area (Å²) in [4.78, 5) is -0.846. The van der Waals surface area contributed by atoms with Gasteiger partial charge in [0.2, 0.25) is 10.0 Å². The van der Waals surface area contributed by atoms with Crippen molar-refractivity contribution in [3.05, 3.63) is 65.5 Å². The third-order valence-electron chi connectivity index (χ3n) is 3.18. The highest BCUT2D eigenvalue weighted by Crippen LogP contribution is 2.34. The van der Waals surface area contributed by atoms with Crippen LogP contribution in [0.15, 0.2) is 53.4 Å². The molecular formula is C15H13F4NO2S. The second-order valence-electron chi connectivity index (χ2n) is 4.89. The van der Waals surface area contributed by atoms with Crippen LogP contribution in [0.4, 0.5) is 17.6 Å². The molecule has 2 aromatic carbocycles. The van der Waals surface area contributed by atoms with Gasteiger partial charge in [-0.15, -0.1) is 0 Å². The van der Waals surface area contributed by atoms with E-state index in [0.29, 0.717) is 11.6 Å². The molecule has 1 N–H and O–H groups in total. The van der Waals surface area contributed by atoms with E-state index in [0.717, 1.165) is 24.3 Å². The standard InChI is InChI=1S/C15H13F4NO2S/c1-10(11-6-8-12(16)9-7-11)20-23(21,22)14-5-3-2-4-13(14)15(17,18)19/h2-10,20H,1H3/t10-/m1/s1. The van der Waals surface area contributed by atoms with Gasteiger partial charge in [0.1, 0.15) is 5.82 Å². The minimum atomic E-state index is -4.79. The van der Waals surface area contributed by atoms with Crippen LogP contribution in [0.25, 0.3) is 0 Å². The van der Waals surface area contributed by atoms with E-state index in [-0.39, 0.29) is 0 Å². The largest absolute Gasteiger partial charge is 0.417 e. The Bertz CT molecular complexity index is 786. The van der Waals surface area contributed by atoms with Gasteiger partial charge in [0.15, 0.2) is 0 Å². The Morgan fingerprint density at radius 1 is 1.00 bits per heavy atom. The van der Waals surface area contributed by atoms with Gasteiger partial charge >= 0.3 is 6.18 Å². The van der Waals surface area contributed by atoms with E-state index in [1.807, 2.05) is 0 Å². The van der Waals surface area contributed by atoms with Crippen LogP contribution in [-0.2, 0) is 16.2 Å². The molecule has 0 bridgehead atoms. The molecule has 0 unspecified atom stereocenters. The van der Waals surface area contributed by atoms with Crippen molar-refractivity contribution in [1.82, 2.24) is 4.72 Å². The summed E-state index contributed by atoms with van der Waals surface area (Å²) in [6.45, 7) is 1.46. The average Bonchev–Trinajstić information content (AvgIpc) is 2.46. The molecule has 0 spiro atoms. The quantitative estimate of drug-likeness (QED) is 0.853. The minimum absolute atomic E-state index is 0.430. The normalized spacial score (nSPS) is 13.8.